The molecule has 3 amide bonds. The number of nitrogens with two attached hydrogens (primary N) is 1. The van der Waals surface area contributed by atoms with Gasteiger partial charge in [0.05, 0.1) is 10.5 Å². The van der Waals surface area contributed by atoms with Gasteiger partial charge in [0.1, 0.15) is 0 Å². The first-order chi connectivity index (χ1) is 12.8. The van der Waals surface area contributed by atoms with Crippen molar-refractivity contribution in [2.24, 2.45) is 5.73 Å². The third-order valence-electron chi connectivity index (χ3n) is 3.41. The minimum Gasteiger partial charge on any atom is -0.452 e. The molecule has 0 heterocycles. The monoisotopic (exact) mass is 372 g/mol. The summed E-state index contributed by atoms with van der Waals surface area (Å²) in [4.78, 5) is 44.9. The topological polar surface area (TPSA) is 154 Å². The number of primary amides is 1. The number of rotatable bonds is 6. The molecule has 27 heavy (non-hydrogen) atoms. The molecule has 0 radical (unpaired) electrons. The quantitative estimate of drug-likeness (QED) is 0.401. The van der Waals surface area contributed by atoms with E-state index in [1.165, 1.54) is 42.5 Å². The summed E-state index contributed by atoms with van der Waals surface area (Å²) in [6, 6.07) is 9.19. The number of anilines is 2. The number of carbonyl (C=O) groups is 3. The highest BCUT2D eigenvalue weighted by Crippen LogP contribution is 2.22. The van der Waals surface area contributed by atoms with E-state index in [4.69, 9.17) is 10.5 Å². The minimum absolute atomic E-state index is 0.130. The number of urea groups is 1. The molecule has 0 saturated heterocycles. The zero-order valence-corrected chi connectivity index (χ0v) is 14.2. The Morgan fingerprint density at radius 1 is 1.07 bits per heavy atom. The van der Waals surface area contributed by atoms with E-state index in [1.54, 1.807) is 6.92 Å². The van der Waals surface area contributed by atoms with E-state index < -0.39 is 29.4 Å². The van der Waals surface area contributed by atoms with E-state index in [2.05, 4.69) is 10.6 Å². The molecule has 4 N–H and O–H groups in total. The van der Waals surface area contributed by atoms with Gasteiger partial charge in [0, 0.05) is 23.0 Å². The number of nitro benzene ring substituents is 1. The predicted molar refractivity (Wildman–Crippen MR) is 96.4 cm³/mol. The molecule has 0 spiro atoms. The van der Waals surface area contributed by atoms with Crippen molar-refractivity contribution in [3.63, 3.8) is 0 Å². The fourth-order valence-electron chi connectivity index (χ4n) is 2.13. The van der Waals surface area contributed by atoms with Crippen LogP contribution in [-0.2, 0) is 9.53 Å². The van der Waals surface area contributed by atoms with E-state index in [9.17, 15) is 24.5 Å². The Morgan fingerprint density at radius 2 is 1.70 bits per heavy atom. The first-order valence-electron chi connectivity index (χ1n) is 7.65. The van der Waals surface area contributed by atoms with Crippen LogP contribution in [-0.4, -0.2) is 29.4 Å². The Kier molecular flexibility index (Phi) is 6.05. The SMILES string of the molecule is Cc1ccc(NC(=O)COC(=O)c2ccc(NC(N)=O)cc2)cc1[N+](=O)[O-]. The average Bonchev–Trinajstić information content (AvgIpc) is 2.61. The largest absolute Gasteiger partial charge is 0.452 e. The highest BCUT2D eigenvalue weighted by Gasteiger charge is 2.14. The second kappa shape index (κ2) is 8.43. The summed E-state index contributed by atoms with van der Waals surface area (Å²) in [5, 5.41) is 15.7. The summed E-state index contributed by atoms with van der Waals surface area (Å²) in [6.07, 6.45) is 0. The zero-order chi connectivity index (χ0) is 20.0. The summed E-state index contributed by atoms with van der Waals surface area (Å²) in [5.74, 6) is -1.39. The van der Waals surface area contributed by atoms with Gasteiger partial charge in [-0.3, -0.25) is 14.9 Å². The molecule has 0 fully saturated rings. The van der Waals surface area contributed by atoms with Gasteiger partial charge >= 0.3 is 12.0 Å². The van der Waals surface area contributed by atoms with Crippen molar-refractivity contribution in [2.45, 2.75) is 6.92 Å². The number of ether oxygens (including phenoxy) is 1. The number of esters is 1. The summed E-state index contributed by atoms with van der Waals surface area (Å²) >= 11 is 0. The number of benzene rings is 2. The fourth-order valence-corrected chi connectivity index (χ4v) is 2.13. The molecule has 0 aliphatic carbocycles. The number of hydrogen-bond acceptors (Lipinski definition) is 6. The number of nitrogens with one attached hydrogen (secondary N) is 2. The lowest BCUT2D eigenvalue weighted by atomic mass is 10.2. The van der Waals surface area contributed by atoms with Gasteiger partial charge in [-0.05, 0) is 37.3 Å². The van der Waals surface area contributed by atoms with Crippen molar-refractivity contribution < 1.29 is 24.0 Å². The van der Waals surface area contributed by atoms with Crippen LogP contribution in [0.25, 0.3) is 0 Å². The van der Waals surface area contributed by atoms with Crippen LogP contribution in [0, 0.1) is 17.0 Å². The zero-order valence-electron chi connectivity index (χ0n) is 14.2. The van der Waals surface area contributed by atoms with Crippen molar-refractivity contribution in [1.29, 1.82) is 0 Å². The highest BCUT2D eigenvalue weighted by molar-refractivity contribution is 5.96. The van der Waals surface area contributed by atoms with Crippen LogP contribution in [0.2, 0.25) is 0 Å². The van der Waals surface area contributed by atoms with Crippen LogP contribution < -0.4 is 16.4 Å². The van der Waals surface area contributed by atoms with Gasteiger partial charge in [-0.15, -0.1) is 0 Å². The molecule has 2 aromatic rings. The Bertz CT molecular complexity index is 895. The lowest BCUT2D eigenvalue weighted by molar-refractivity contribution is -0.385. The van der Waals surface area contributed by atoms with Gasteiger partial charge in [0.2, 0.25) is 0 Å². The lowest BCUT2D eigenvalue weighted by Gasteiger charge is -2.08. The van der Waals surface area contributed by atoms with E-state index in [0.29, 0.717) is 11.3 Å². The molecule has 0 aromatic heterocycles. The molecular weight excluding hydrogens is 356 g/mol. The van der Waals surface area contributed by atoms with Crippen LogP contribution in [0.15, 0.2) is 42.5 Å². The maximum atomic E-state index is 11.9. The van der Waals surface area contributed by atoms with Gasteiger partial charge in [-0.1, -0.05) is 6.07 Å². The smallest absolute Gasteiger partial charge is 0.338 e. The number of nitro groups is 1. The molecule has 0 unspecified atom stereocenters. The first kappa shape index (κ1) is 19.4. The Labute approximate surface area is 153 Å². The maximum Gasteiger partial charge on any atom is 0.338 e. The summed E-state index contributed by atoms with van der Waals surface area (Å²) in [7, 11) is 0. The van der Waals surface area contributed by atoms with E-state index in [1.807, 2.05) is 0 Å². The highest BCUT2D eigenvalue weighted by atomic mass is 16.6. The molecule has 0 aliphatic rings. The van der Waals surface area contributed by atoms with E-state index in [-0.39, 0.29) is 16.9 Å². The average molecular weight is 372 g/mol. The minimum atomic E-state index is -0.745. The third kappa shape index (κ3) is 5.53. The van der Waals surface area contributed by atoms with Crippen LogP contribution in [0.5, 0.6) is 0 Å². The summed E-state index contributed by atoms with van der Waals surface area (Å²) in [5.41, 5.74) is 6.09. The van der Waals surface area contributed by atoms with Crippen molar-refractivity contribution in [1.82, 2.24) is 0 Å². The summed E-state index contributed by atoms with van der Waals surface area (Å²) in [6.45, 7) is 1.01. The Balaban J connectivity index is 1.91. The Morgan fingerprint density at radius 3 is 2.30 bits per heavy atom. The van der Waals surface area contributed by atoms with Crippen molar-refractivity contribution >= 4 is 35.0 Å². The molecule has 0 aliphatic heterocycles. The van der Waals surface area contributed by atoms with Crippen LogP contribution >= 0.6 is 0 Å². The molecule has 140 valence electrons. The van der Waals surface area contributed by atoms with E-state index >= 15 is 0 Å². The van der Waals surface area contributed by atoms with Gasteiger partial charge in [-0.25, -0.2) is 9.59 Å². The van der Waals surface area contributed by atoms with Crippen LogP contribution in [0.1, 0.15) is 15.9 Å². The standard InChI is InChI=1S/C17H16N4O6/c1-10-2-5-13(8-14(10)21(25)26)19-15(22)9-27-16(23)11-3-6-12(7-4-11)20-17(18)24/h2-8H,9H2,1H3,(H,19,22)(H3,18,20,24). The number of amides is 3. The molecule has 2 aromatic carbocycles. The number of nitrogens with zero attached hydrogens (tertiary/aromatic N) is 1. The predicted octanol–water partition coefficient (Wildman–Crippen LogP) is 2.19. The van der Waals surface area contributed by atoms with Crippen LogP contribution in [0.4, 0.5) is 21.9 Å². The molecule has 10 heteroatoms. The summed E-state index contributed by atoms with van der Waals surface area (Å²) < 4.78 is 4.89. The normalized spacial score (nSPS) is 9.96. The first-order valence-corrected chi connectivity index (χ1v) is 7.65. The van der Waals surface area contributed by atoms with Gasteiger partial charge in [-0.2, -0.15) is 0 Å². The van der Waals surface area contributed by atoms with Gasteiger partial charge < -0.3 is 21.1 Å². The molecule has 0 atom stereocenters. The van der Waals surface area contributed by atoms with Crippen LogP contribution in [0.3, 0.4) is 0 Å². The third-order valence-corrected chi connectivity index (χ3v) is 3.41. The Hall–Kier alpha value is -3.95. The van der Waals surface area contributed by atoms with Crippen molar-refractivity contribution in [3.8, 4) is 0 Å². The second-order valence-electron chi connectivity index (χ2n) is 5.45. The fraction of sp³-hybridized carbons (Fsp3) is 0.118. The number of hydrogen-bond donors (Lipinski definition) is 3. The number of aryl methyl sites for hydroxylation is 1. The molecule has 0 bridgehead atoms. The molecule has 0 saturated carbocycles. The van der Waals surface area contributed by atoms with Gasteiger partial charge in [0.25, 0.3) is 11.6 Å². The number of carbonyl (C=O) groups excluding carboxylic acids is 3. The molecular formula is C17H16N4O6. The van der Waals surface area contributed by atoms with Crippen molar-refractivity contribution in [3.05, 3.63) is 63.7 Å². The van der Waals surface area contributed by atoms with Crippen molar-refractivity contribution in [2.75, 3.05) is 17.2 Å². The second-order valence-corrected chi connectivity index (χ2v) is 5.45. The molecule has 2 rings (SSSR count). The lowest BCUT2D eigenvalue weighted by Crippen LogP contribution is -2.21. The van der Waals surface area contributed by atoms with Gasteiger partial charge in [0.15, 0.2) is 6.61 Å². The molecule has 10 nitrogen and oxygen atoms in total. The van der Waals surface area contributed by atoms with E-state index in [0.717, 1.165) is 0 Å². The maximum absolute atomic E-state index is 11.9.